The summed E-state index contributed by atoms with van der Waals surface area (Å²) in [6, 6.07) is 7.41. The summed E-state index contributed by atoms with van der Waals surface area (Å²) in [6.45, 7) is 1.22. The van der Waals surface area contributed by atoms with E-state index in [9.17, 15) is 0 Å². The van der Waals surface area contributed by atoms with Gasteiger partial charge in [-0.1, -0.05) is 19.3 Å². The van der Waals surface area contributed by atoms with E-state index in [1.807, 2.05) is 28.9 Å². The number of anilines is 1. The number of nitrogens with zero attached hydrogens (tertiary/aromatic N) is 4. The largest absolute Gasteiger partial charge is 0.492 e. The molecule has 0 unspecified atom stereocenters. The molecule has 0 saturated heterocycles. The second-order valence-corrected chi connectivity index (χ2v) is 5.51. The smallest absolute Gasteiger partial charge is 0.154 e. The minimum Gasteiger partial charge on any atom is -0.492 e. The Morgan fingerprint density at radius 2 is 1.90 bits per heavy atom. The molecule has 0 spiro atoms. The van der Waals surface area contributed by atoms with Gasteiger partial charge in [-0.3, -0.25) is 0 Å². The Labute approximate surface area is 124 Å². The van der Waals surface area contributed by atoms with Gasteiger partial charge in [-0.25, -0.2) is 4.68 Å². The number of hydrogen-bond donors (Lipinski definition) is 1. The molecule has 6 heteroatoms. The summed E-state index contributed by atoms with van der Waals surface area (Å²) in [5.74, 6) is 2.33. The summed E-state index contributed by atoms with van der Waals surface area (Å²) in [5, 5.41) is 12.1. The van der Waals surface area contributed by atoms with Crippen molar-refractivity contribution >= 4 is 5.69 Å². The molecule has 6 nitrogen and oxygen atoms in total. The molecule has 1 aliphatic carbocycles. The molecule has 0 amide bonds. The third kappa shape index (κ3) is 3.51. The highest BCUT2D eigenvalue weighted by Crippen LogP contribution is 2.30. The molecule has 3 rings (SSSR count). The number of nitrogen functional groups attached to an aromatic ring is 1. The molecule has 2 aromatic rings. The first-order valence-electron chi connectivity index (χ1n) is 7.57. The number of rotatable bonds is 5. The van der Waals surface area contributed by atoms with E-state index in [1.165, 1.54) is 32.1 Å². The fourth-order valence-corrected chi connectivity index (χ4v) is 2.84. The van der Waals surface area contributed by atoms with E-state index >= 15 is 0 Å². The predicted molar refractivity (Wildman–Crippen MR) is 80.0 cm³/mol. The molecule has 2 N–H and O–H groups in total. The first kappa shape index (κ1) is 13.9. The van der Waals surface area contributed by atoms with Gasteiger partial charge in [0.25, 0.3) is 0 Å². The first-order chi connectivity index (χ1) is 10.3. The van der Waals surface area contributed by atoms with Gasteiger partial charge in [-0.2, -0.15) is 0 Å². The Kier molecular flexibility index (Phi) is 4.33. The Balaban J connectivity index is 1.55. The molecule has 1 aromatic carbocycles. The minimum absolute atomic E-state index is 0.505. The van der Waals surface area contributed by atoms with E-state index in [-0.39, 0.29) is 0 Å². The van der Waals surface area contributed by atoms with Crippen molar-refractivity contribution in [1.82, 2.24) is 20.2 Å². The summed E-state index contributed by atoms with van der Waals surface area (Å²) in [6.07, 6.45) is 6.27. The van der Waals surface area contributed by atoms with Gasteiger partial charge >= 0.3 is 0 Å². The van der Waals surface area contributed by atoms with E-state index in [4.69, 9.17) is 10.5 Å². The molecular weight excluding hydrogens is 266 g/mol. The number of ether oxygens (including phenoxy) is 1. The number of hydrogen-bond acceptors (Lipinski definition) is 5. The van der Waals surface area contributed by atoms with Crippen molar-refractivity contribution in [2.24, 2.45) is 0 Å². The van der Waals surface area contributed by atoms with Crippen LogP contribution in [0.2, 0.25) is 0 Å². The van der Waals surface area contributed by atoms with Crippen molar-refractivity contribution in [3.63, 3.8) is 0 Å². The monoisotopic (exact) mass is 287 g/mol. The van der Waals surface area contributed by atoms with E-state index in [0.29, 0.717) is 19.1 Å². The predicted octanol–water partition coefficient (Wildman–Crippen LogP) is 2.38. The summed E-state index contributed by atoms with van der Waals surface area (Å²) >= 11 is 0. The average molecular weight is 287 g/mol. The van der Waals surface area contributed by atoms with E-state index in [2.05, 4.69) is 15.5 Å². The Hall–Kier alpha value is -2.11. The third-order valence-corrected chi connectivity index (χ3v) is 3.98. The molecule has 1 saturated carbocycles. The number of tetrazole rings is 1. The van der Waals surface area contributed by atoms with Gasteiger partial charge in [0.05, 0.1) is 6.54 Å². The zero-order valence-electron chi connectivity index (χ0n) is 12.1. The molecule has 1 fully saturated rings. The summed E-state index contributed by atoms with van der Waals surface area (Å²) < 4.78 is 7.59. The van der Waals surface area contributed by atoms with E-state index in [1.54, 1.807) is 0 Å². The number of benzene rings is 1. The van der Waals surface area contributed by atoms with E-state index in [0.717, 1.165) is 17.3 Å². The molecule has 0 bridgehead atoms. The van der Waals surface area contributed by atoms with Crippen molar-refractivity contribution in [3.8, 4) is 5.75 Å². The molecule has 0 atom stereocenters. The van der Waals surface area contributed by atoms with Gasteiger partial charge in [0.15, 0.2) is 5.82 Å². The molecular formula is C15H21N5O. The lowest BCUT2D eigenvalue weighted by Gasteiger charge is -2.20. The second kappa shape index (κ2) is 6.56. The Morgan fingerprint density at radius 1 is 1.14 bits per heavy atom. The first-order valence-corrected chi connectivity index (χ1v) is 7.57. The average Bonchev–Trinajstić information content (AvgIpc) is 2.99. The third-order valence-electron chi connectivity index (χ3n) is 3.98. The van der Waals surface area contributed by atoms with Crippen LogP contribution in [0.5, 0.6) is 5.75 Å². The lowest BCUT2D eigenvalue weighted by molar-refractivity contribution is 0.283. The van der Waals surface area contributed by atoms with Crippen molar-refractivity contribution in [1.29, 1.82) is 0 Å². The van der Waals surface area contributed by atoms with Crippen LogP contribution in [0, 0.1) is 0 Å². The van der Waals surface area contributed by atoms with Gasteiger partial charge in [0.2, 0.25) is 0 Å². The topological polar surface area (TPSA) is 78.9 Å². The normalized spacial score (nSPS) is 16.0. The molecule has 21 heavy (non-hydrogen) atoms. The molecule has 112 valence electrons. The van der Waals surface area contributed by atoms with Gasteiger partial charge in [-0.15, -0.1) is 5.10 Å². The molecule has 1 aromatic heterocycles. The van der Waals surface area contributed by atoms with Crippen LogP contribution in [0.1, 0.15) is 43.8 Å². The van der Waals surface area contributed by atoms with Crippen molar-refractivity contribution < 1.29 is 4.74 Å². The van der Waals surface area contributed by atoms with Gasteiger partial charge < -0.3 is 10.5 Å². The fraction of sp³-hybridized carbons (Fsp3) is 0.533. The van der Waals surface area contributed by atoms with Crippen LogP contribution < -0.4 is 10.5 Å². The van der Waals surface area contributed by atoms with Gasteiger partial charge in [-0.05, 0) is 47.5 Å². The van der Waals surface area contributed by atoms with Crippen LogP contribution >= 0.6 is 0 Å². The summed E-state index contributed by atoms with van der Waals surface area (Å²) in [5.41, 5.74) is 6.39. The second-order valence-electron chi connectivity index (χ2n) is 5.51. The van der Waals surface area contributed by atoms with Crippen LogP contribution in [-0.4, -0.2) is 26.8 Å². The molecule has 1 heterocycles. The molecule has 0 aliphatic heterocycles. The van der Waals surface area contributed by atoms with Crippen molar-refractivity contribution in [2.45, 2.75) is 44.6 Å². The van der Waals surface area contributed by atoms with Gasteiger partial charge in [0, 0.05) is 11.6 Å². The fourth-order valence-electron chi connectivity index (χ4n) is 2.84. The summed E-state index contributed by atoms with van der Waals surface area (Å²) in [4.78, 5) is 0. The molecule has 1 aliphatic rings. The summed E-state index contributed by atoms with van der Waals surface area (Å²) in [7, 11) is 0. The lowest BCUT2D eigenvalue weighted by Crippen LogP contribution is -2.16. The maximum atomic E-state index is 5.70. The Morgan fingerprint density at radius 3 is 2.67 bits per heavy atom. The van der Waals surface area contributed by atoms with Crippen molar-refractivity contribution in [2.75, 3.05) is 12.3 Å². The molecule has 0 radical (unpaired) electrons. The Bertz CT molecular complexity index is 560. The maximum Gasteiger partial charge on any atom is 0.154 e. The minimum atomic E-state index is 0.505. The van der Waals surface area contributed by atoms with Crippen molar-refractivity contribution in [3.05, 3.63) is 30.1 Å². The van der Waals surface area contributed by atoms with Crippen LogP contribution in [0.4, 0.5) is 5.69 Å². The van der Waals surface area contributed by atoms with Crippen LogP contribution in [0.3, 0.4) is 0 Å². The van der Waals surface area contributed by atoms with Gasteiger partial charge in [0.1, 0.15) is 12.4 Å². The van der Waals surface area contributed by atoms with Crippen LogP contribution in [0.15, 0.2) is 24.3 Å². The maximum absolute atomic E-state index is 5.70. The highest BCUT2D eigenvalue weighted by molar-refractivity contribution is 5.41. The number of aromatic nitrogens is 4. The van der Waals surface area contributed by atoms with Crippen LogP contribution in [0.25, 0.3) is 0 Å². The number of nitrogens with two attached hydrogens (primary N) is 1. The van der Waals surface area contributed by atoms with Crippen LogP contribution in [-0.2, 0) is 6.54 Å². The quantitative estimate of drug-likeness (QED) is 0.854. The van der Waals surface area contributed by atoms with E-state index < -0.39 is 0 Å². The highest BCUT2D eigenvalue weighted by atomic mass is 16.5. The zero-order chi connectivity index (χ0) is 14.5. The standard InChI is InChI=1S/C15H21N5O/c16-13-6-8-14(9-7-13)21-11-10-20-15(17-18-19-20)12-4-2-1-3-5-12/h6-9,12H,1-5,10-11,16H2. The zero-order valence-corrected chi connectivity index (χ0v) is 12.1. The SMILES string of the molecule is Nc1ccc(OCCn2nnnc2C2CCCCC2)cc1. The lowest BCUT2D eigenvalue weighted by atomic mass is 9.89. The highest BCUT2D eigenvalue weighted by Gasteiger charge is 2.21.